The molecular formula is C40H50O6. The molecular weight excluding hydrogens is 576 g/mol. The molecule has 0 fully saturated rings. The molecule has 0 saturated heterocycles. The summed E-state index contributed by atoms with van der Waals surface area (Å²) in [6, 6.07) is 0. The summed E-state index contributed by atoms with van der Waals surface area (Å²) in [6.07, 6.45) is 9.90. The van der Waals surface area contributed by atoms with Crippen LogP contribution in [0.15, 0.2) is 68.3 Å². The van der Waals surface area contributed by atoms with Crippen LogP contribution in [-0.4, -0.2) is 33.3 Å². The molecule has 0 bridgehead atoms. The zero-order valence-electron chi connectivity index (χ0n) is 28.9. The first-order valence-corrected chi connectivity index (χ1v) is 17.3. The van der Waals surface area contributed by atoms with E-state index in [1.54, 1.807) is 0 Å². The average Bonchev–Trinajstić information content (AvgIpc) is 3.15. The van der Waals surface area contributed by atoms with Crippen LogP contribution >= 0.6 is 0 Å². The quantitative estimate of drug-likeness (QED) is 0.316. The number of hydrogen-bond donors (Lipinski definition) is 2. The largest absolute Gasteiger partial charge is 0.504 e. The Morgan fingerprint density at radius 3 is 1.26 bits per heavy atom. The molecule has 4 atom stereocenters. The molecule has 6 nitrogen and oxygen atoms in total. The van der Waals surface area contributed by atoms with E-state index in [1.165, 1.54) is 0 Å². The fraction of sp³-hybridized carbons (Fsp3) is 0.600. The fourth-order valence-corrected chi connectivity index (χ4v) is 10.2. The molecule has 46 heavy (non-hydrogen) atoms. The Hall–Kier alpha value is -3.28. The monoisotopic (exact) mass is 626 g/mol. The van der Waals surface area contributed by atoms with E-state index in [-0.39, 0.29) is 57.3 Å². The highest BCUT2D eigenvalue weighted by molar-refractivity contribution is 6.13. The average molecular weight is 627 g/mol. The zero-order chi connectivity index (χ0) is 33.7. The summed E-state index contributed by atoms with van der Waals surface area (Å²) in [6.45, 7) is 16.5. The van der Waals surface area contributed by atoms with Gasteiger partial charge in [0.1, 0.15) is 0 Å². The second-order valence-electron chi connectivity index (χ2n) is 16.5. The molecule has 0 aromatic carbocycles. The molecule has 246 valence electrons. The fourth-order valence-electron chi connectivity index (χ4n) is 10.2. The third-order valence-electron chi connectivity index (χ3n) is 12.9. The highest BCUT2D eigenvalue weighted by atomic mass is 16.3. The minimum absolute atomic E-state index is 0.0129. The summed E-state index contributed by atoms with van der Waals surface area (Å²) in [7, 11) is 0. The van der Waals surface area contributed by atoms with Gasteiger partial charge in [-0.1, -0.05) is 55.4 Å². The van der Waals surface area contributed by atoms with Crippen molar-refractivity contribution < 1.29 is 29.4 Å². The Balaban J connectivity index is 1.45. The maximum Gasteiger partial charge on any atom is 0.224 e. The zero-order valence-corrected chi connectivity index (χ0v) is 28.9. The standard InChI is InChI=1S/C40H50O6/c1-21(2)31-35(45)33(43)27-19-25-23(29(41)11-13-37(25,5)15-17-39(27,31)7)9-10-24-26-20-28-34(44)36(46)32(22(3)4)40(28,8)18-16-38(26,6)14-12-30(24)42/h19-22,45-46H,9-18H2,1-8H3/t37-,38-,39-,40-/m0/s1. The summed E-state index contributed by atoms with van der Waals surface area (Å²) in [5.74, 6) is -0.823. The van der Waals surface area contributed by atoms with Crippen LogP contribution in [0.3, 0.4) is 0 Å². The Labute approximate surface area is 273 Å². The van der Waals surface area contributed by atoms with Crippen molar-refractivity contribution in [2.45, 2.75) is 120 Å². The second-order valence-corrected chi connectivity index (χ2v) is 16.5. The van der Waals surface area contributed by atoms with Crippen LogP contribution in [0.2, 0.25) is 0 Å². The third kappa shape index (κ3) is 4.48. The number of ketones is 4. The number of aliphatic hydroxyl groups is 2. The highest BCUT2D eigenvalue weighted by Crippen LogP contribution is 2.60. The molecule has 0 amide bonds. The minimum atomic E-state index is -0.579. The molecule has 6 rings (SSSR count). The van der Waals surface area contributed by atoms with Crippen LogP contribution in [-0.2, 0) is 19.2 Å². The maximum atomic E-state index is 13.7. The van der Waals surface area contributed by atoms with E-state index in [0.717, 1.165) is 48.0 Å². The number of carbonyl (C=O) groups excluding carboxylic acids is 4. The van der Waals surface area contributed by atoms with Gasteiger partial charge in [0.2, 0.25) is 11.6 Å². The van der Waals surface area contributed by atoms with E-state index in [0.29, 0.717) is 60.8 Å². The van der Waals surface area contributed by atoms with Gasteiger partial charge in [0.05, 0.1) is 0 Å². The lowest BCUT2D eigenvalue weighted by atomic mass is 9.65. The lowest BCUT2D eigenvalue weighted by Crippen LogP contribution is -2.30. The van der Waals surface area contributed by atoms with Gasteiger partial charge < -0.3 is 10.2 Å². The molecule has 0 unspecified atom stereocenters. The molecule has 0 aliphatic heterocycles. The number of hydrogen-bond acceptors (Lipinski definition) is 6. The molecule has 6 aliphatic rings. The van der Waals surface area contributed by atoms with Crippen molar-refractivity contribution in [1.82, 2.24) is 0 Å². The van der Waals surface area contributed by atoms with Gasteiger partial charge in [-0.25, -0.2) is 0 Å². The van der Waals surface area contributed by atoms with Crippen molar-refractivity contribution in [2.24, 2.45) is 33.5 Å². The molecule has 6 heteroatoms. The van der Waals surface area contributed by atoms with Gasteiger partial charge in [-0.2, -0.15) is 0 Å². The second kappa shape index (κ2) is 10.6. The Kier molecular flexibility index (Phi) is 7.54. The maximum absolute atomic E-state index is 13.7. The predicted molar refractivity (Wildman–Crippen MR) is 178 cm³/mol. The van der Waals surface area contributed by atoms with Crippen molar-refractivity contribution in [1.29, 1.82) is 0 Å². The van der Waals surface area contributed by atoms with Gasteiger partial charge >= 0.3 is 0 Å². The number of carbonyl (C=O) groups is 4. The smallest absolute Gasteiger partial charge is 0.224 e. The van der Waals surface area contributed by atoms with Crippen molar-refractivity contribution in [3.05, 3.63) is 68.3 Å². The molecule has 0 heterocycles. The Morgan fingerprint density at radius 2 is 0.935 bits per heavy atom. The highest BCUT2D eigenvalue weighted by Gasteiger charge is 2.53. The lowest BCUT2D eigenvalue weighted by Gasteiger charge is -2.38. The van der Waals surface area contributed by atoms with Gasteiger partial charge in [0.25, 0.3) is 0 Å². The predicted octanol–water partition coefficient (Wildman–Crippen LogP) is 8.65. The third-order valence-corrected chi connectivity index (χ3v) is 12.9. The summed E-state index contributed by atoms with van der Waals surface area (Å²) in [5.41, 5.74) is 4.14. The minimum Gasteiger partial charge on any atom is -0.504 e. The summed E-state index contributed by atoms with van der Waals surface area (Å²) in [4.78, 5) is 54.4. The molecule has 0 spiro atoms. The topological polar surface area (TPSA) is 109 Å². The lowest BCUT2D eigenvalue weighted by molar-refractivity contribution is -0.118. The van der Waals surface area contributed by atoms with Gasteiger partial charge in [-0.3, -0.25) is 19.2 Å². The van der Waals surface area contributed by atoms with Crippen LogP contribution in [0.4, 0.5) is 0 Å². The van der Waals surface area contributed by atoms with Crippen molar-refractivity contribution in [2.75, 3.05) is 0 Å². The van der Waals surface area contributed by atoms with Crippen molar-refractivity contribution in [3.63, 3.8) is 0 Å². The van der Waals surface area contributed by atoms with Gasteiger partial charge in [-0.15, -0.1) is 0 Å². The van der Waals surface area contributed by atoms with Gasteiger partial charge in [0.15, 0.2) is 23.1 Å². The number of allylic oxidation sites excluding steroid dienone is 10. The van der Waals surface area contributed by atoms with Crippen LogP contribution in [0, 0.1) is 33.5 Å². The van der Waals surface area contributed by atoms with Crippen LogP contribution < -0.4 is 0 Å². The SMILES string of the molecule is CC(C)C1=C(O)C(=O)C2=CC3=C(CCC4=C5C=C6C(=O)C(O)=C(C(C)C)[C@@]6(C)CC[C@]5(C)CCC4=O)C(=O)CC[C@@]3(C)CC[C@@]21C. The number of aliphatic hydroxyl groups excluding tert-OH is 2. The molecule has 6 aliphatic carbocycles. The van der Waals surface area contributed by atoms with Crippen LogP contribution in [0.5, 0.6) is 0 Å². The summed E-state index contributed by atoms with van der Waals surface area (Å²) in [5, 5.41) is 21.9. The van der Waals surface area contributed by atoms with E-state index < -0.39 is 10.8 Å². The molecule has 0 aromatic rings. The Morgan fingerprint density at radius 1 is 0.587 bits per heavy atom. The first-order chi connectivity index (χ1) is 21.4. The molecule has 0 radical (unpaired) electrons. The van der Waals surface area contributed by atoms with Crippen LogP contribution in [0.25, 0.3) is 0 Å². The first kappa shape index (κ1) is 32.7. The van der Waals surface area contributed by atoms with E-state index in [9.17, 15) is 29.4 Å². The van der Waals surface area contributed by atoms with Gasteiger partial charge in [0, 0.05) is 34.8 Å². The van der Waals surface area contributed by atoms with Crippen molar-refractivity contribution >= 4 is 23.1 Å². The molecule has 0 aromatic heterocycles. The number of fused-ring (bicyclic) bond motifs is 4. The van der Waals surface area contributed by atoms with E-state index in [1.807, 2.05) is 39.8 Å². The summed E-state index contributed by atoms with van der Waals surface area (Å²) < 4.78 is 0. The number of Topliss-reactive ketones (excluding diaryl/α,β-unsaturated/α-hetero) is 4. The van der Waals surface area contributed by atoms with E-state index in [2.05, 4.69) is 27.7 Å². The first-order valence-electron chi connectivity index (χ1n) is 17.3. The van der Waals surface area contributed by atoms with Crippen molar-refractivity contribution in [3.8, 4) is 0 Å². The molecule has 0 saturated carbocycles. The summed E-state index contributed by atoms with van der Waals surface area (Å²) >= 11 is 0. The van der Waals surface area contributed by atoms with Crippen LogP contribution in [0.1, 0.15) is 120 Å². The van der Waals surface area contributed by atoms with E-state index >= 15 is 0 Å². The van der Waals surface area contributed by atoms with E-state index in [4.69, 9.17) is 0 Å². The molecule has 2 N–H and O–H groups in total. The Bertz CT molecular complexity index is 1560. The number of rotatable bonds is 5. The normalized spacial score (nSPS) is 35.0. The van der Waals surface area contributed by atoms with Gasteiger partial charge in [-0.05, 0) is 120 Å².